The van der Waals surface area contributed by atoms with Gasteiger partial charge >= 0.3 is 5.97 Å². The quantitative estimate of drug-likeness (QED) is 0.271. The zero-order valence-electron chi connectivity index (χ0n) is 12.7. The molecule has 2 nitrogen and oxygen atoms in total. The highest BCUT2D eigenvalue weighted by molar-refractivity contribution is 7.81. The molecule has 0 saturated heterocycles. The minimum Gasteiger partial charge on any atom is -0.465 e. The molecule has 0 spiro atoms. The first kappa shape index (κ1) is 18.8. The summed E-state index contributed by atoms with van der Waals surface area (Å²) in [7, 11) is 0. The first-order valence-electron chi connectivity index (χ1n) is 8.07. The predicted octanol–water partition coefficient (Wildman–Crippen LogP) is 5.16. The van der Waals surface area contributed by atoms with Crippen molar-refractivity contribution in [1.82, 2.24) is 0 Å². The van der Waals surface area contributed by atoms with Crippen LogP contribution >= 0.6 is 12.6 Å². The van der Waals surface area contributed by atoms with Gasteiger partial charge in [0.25, 0.3) is 0 Å². The lowest BCUT2D eigenvalue weighted by Crippen LogP contribution is -2.06. The molecule has 0 N–H and O–H groups in total. The summed E-state index contributed by atoms with van der Waals surface area (Å²) in [6, 6.07) is 0. The highest BCUT2D eigenvalue weighted by Gasteiger charge is 1.98. The number of carbonyl (C=O) groups is 1. The van der Waals surface area contributed by atoms with Crippen molar-refractivity contribution in [2.75, 3.05) is 12.4 Å². The van der Waals surface area contributed by atoms with Gasteiger partial charge < -0.3 is 4.74 Å². The van der Waals surface area contributed by atoms with E-state index in [1.54, 1.807) is 0 Å². The molecule has 0 unspecified atom stereocenters. The fourth-order valence-electron chi connectivity index (χ4n) is 2.17. The van der Waals surface area contributed by atoms with Crippen LogP contribution in [0.15, 0.2) is 0 Å². The summed E-state index contributed by atoms with van der Waals surface area (Å²) in [6.07, 6.45) is 15.9. The third-order valence-electron chi connectivity index (χ3n) is 3.39. The van der Waals surface area contributed by atoms with Gasteiger partial charge in [-0.3, -0.25) is 4.79 Å². The number of esters is 1. The third kappa shape index (κ3) is 15.8. The summed E-state index contributed by atoms with van der Waals surface area (Å²) < 4.78 is 4.97. The Bertz CT molecular complexity index is 195. The van der Waals surface area contributed by atoms with Crippen LogP contribution in [0.2, 0.25) is 0 Å². The number of unbranched alkanes of at least 4 members (excludes halogenated alkanes) is 11. The van der Waals surface area contributed by atoms with Gasteiger partial charge in [-0.25, -0.2) is 0 Å². The molecule has 0 aromatic rings. The Balaban J connectivity index is 2.97. The summed E-state index contributed by atoms with van der Waals surface area (Å²) >= 11 is 3.86. The van der Waals surface area contributed by atoms with Crippen molar-refractivity contribution in [2.24, 2.45) is 0 Å². The second-order valence-electron chi connectivity index (χ2n) is 5.27. The molecular formula is C16H32O2S. The van der Waals surface area contributed by atoms with Crippen LogP contribution in [0.3, 0.4) is 0 Å². The lowest BCUT2D eigenvalue weighted by Gasteiger charge is -2.04. The molecule has 0 aromatic carbocycles. The first-order chi connectivity index (χ1) is 9.31. The molecule has 0 rings (SSSR count). The van der Waals surface area contributed by atoms with Gasteiger partial charge in [-0.2, -0.15) is 12.6 Å². The summed E-state index contributed by atoms with van der Waals surface area (Å²) in [6.45, 7) is 2.83. The van der Waals surface area contributed by atoms with Crippen LogP contribution in [0.5, 0.6) is 0 Å². The van der Waals surface area contributed by atoms with Gasteiger partial charge in [0.05, 0.1) is 12.4 Å². The second kappa shape index (κ2) is 15.9. The molecule has 0 aromatic heterocycles. The molecule has 0 aliphatic carbocycles. The fourth-order valence-corrected chi connectivity index (χ4v) is 2.27. The molecule has 114 valence electrons. The molecule has 0 aliphatic heterocycles. The van der Waals surface area contributed by atoms with Crippen LogP contribution in [-0.2, 0) is 9.53 Å². The molecule has 0 heterocycles. The summed E-state index contributed by atoms with van der Waals surface area (Å²) in [4.78, 5) is 10.8. The fraction of sp³-hybridized carbons (Fsp3) is 0.938. The molecule has 0 amide bonds. The van der Waals surface area contributed by atoms with E-state index in [0.29, 0.717) is 6.61 Å². The summed E-state index contributed by atoms with van der Waals surface area (Å²) in [5.41, 5.74) is 0. The minimum atomic E-state index is -0.202. The van der Waals surface area contributed by atoms with Gasteiger partial charge in [0.2, 0.25) is 0 Å². The topological polar surface area (TPSA) is 26.3 Å². The van der Waals surface area contributed by atoms with E-state index in [9.17, 15) is 4.79 Å². The zero-order chi connectivity index (χ0) is 14.2. The van der Waals surface area contributed by atoms with Crippen molar-refractivity contribution in [3.8, 4) is 0 Å². The van der Waals surface area contributed by atoms with Gasteiger partial charge in [-0.15, -0.1) is 0 Å². The SMILES string of the molecule is CCCCCCCCCCCCCCOC(=O)CS. The van der Waals surface area contributed by atoms with Crippen LogP contribution in [0.1, 0.15) is 84.0 Å². The largest absolute Gasteiger partial charge is 0.465 e. The minimum absolute atomic E-state index is 0.193. The average Bonchev–Trinajstić information content (AvgIpc) is 2.43. The van der Waals surface area contributed by atoms with Gasteiger partial charge in [0, 0.05) is 0 Å². The summed E-state index contributed by atoms with van der Waals surface area (Å²) in [5, 5.41) is 0. The Kier molecular flexibility index (Phi) is 15.7. The smallest absolute Gasteiger partial charge is 0.315 e. The Hall–Kier alpha value is -0.180. The van der Waals surface area contributed by atoms with Gasteiger partial charge in [0.1, 0.15) is 0 Å². The number of hydrogen-bond acceptors (Lipinski definition) is 3. The Morgan fingerprint density at radius 2 is 1.21 bits per heavy atom. The molecule has 0 aliphatic rings. The molecule has 0 atom stereocenters. The first-order valence-corrected chi connectivity index (χ1v) is 8.71. The molecule has 19 heavy (non-hydrogen) atoms. The highest BCUT2D eigenvalue weighted by Crippen LogP contribution is 2.11. The van der Waals surface area contributed by atoms with Crippen molar-refractivity contribution >= 4 is 18.6 Å². The van der Waals surface area contributed by atoms with Crippen LogP contribution in [0.4, 0.5) is 0 Å². The Morgan fingerprint density at radius 1 is 0.789 bits per heavy atom. The Morgan fingerprint density at radius 3 is 1.63 bits per heavy atom. The maximum Gasteiger partial charge on any atom is 0.315 e. The van der Waals surface area contributed by atoms with E-state index in [2.05, 4.69) is 19.6 Å². The van der Waals surface area contributed by atoms with Crippen molar-refractivity contribution in [1.29, 1.82) is 0 Å². The lowest BCUT2D eigenvalue weighted by atomic mass is 10.1. The van der Waals surface area contributed by atoms with Crippen molar-refractivity contribution in [2.45, 2.75) is 84.0 Å². The van der Waals surface area contributed by atoms with E-state index < -0.39 is 0 Å². The van der Waals surface area contributed by atoms with Crippen molar-refractivity contribution < 1.29 is 9.53 Å². The lowest BCUT2D eigenvalue weighted by molar-refractivity contribution is -0.140. The number of rotatable bonds is 14. The van der Waals surface area contributed by atoms with Crippen LogP contribution in [-0.4, -0.2) is 18.3 Å². The summed E-state index contributed by atoms with van der Waals surface area (Å²) in [5.74, 6) is -0.00969. The normalized spacial score (nSPS) is 10.6. The molecule has 3 heteroatoms. The van der Waals surface area contributed by atoms with Crippen LogP contribution in [0, 0.1) is 0 Å². The standard InChI is InChI=1S/C16H32O2S/c1-2-3-4-5-6-7-8-9-10-11-12-13-14-18-16(17)15-19/h19H,2-15H2,1H3. The average molecular weight is 288 g/mol. The molecular weight excluding hydrogens is 256 g/mol. The van der Waals surface area contributed by atoms with E-state index in [0.717, 1.165) is 6.42 Å². The number of thiol groups is 1. The maximum absolute atomic E-state index is 10.8. The number of carbonyl (C=O) groups excluding carboxylic acids is 1. The van der Waals surface area contributed by atoms with E-state index in [-0.39, 0.29) is 11.7 Å². The second-order valence-corrected chi connectivity index (χ2v) is 5.58. The molecule has 0 radical (unpaired) electrons. The van der Waals surface area contributed by atoms with Gasteiger partial charge in [-0.1, -0.05) is 77.6 Å². The van der Waals surface area contributed by atoms with Gasteiger partial charge in [0.15, 0.2) is 0 Å². The molecule has 0 fully saturated rings. The van der Waals surface area contributed by atoms with Crippen LogP contribution < -0.4 is 0 Å². The van der Waals surface area contributed by atoms with E-state index in [4.69, 9.17) is 4.74 Å². The monoisotopic (exact) mass is 288 g/mol. The predicted molar refractivity (Wildman–Crippen MR) is 85.9 cm³/mol. The third-order valence-corrected chi connectivity index (χ3v) is 3.65. The highest BCUT2D eigenvalue weighted by atomic mass is 32.1. The zero-order valence-corrected chi connectivity index (χ0v) is 13.6. The van der Waals surface area contributed by atoms with Gasteiger partial charge in [-0.05, 0) is 6.42 Å². The van der Waals surface area contributed by atoms with E-state index in [1.807, 2.05) is 0 Å². The van der Waals surface area contributed by atoms with Crippen molar-refractivity contribution in [3.63, 3.8) is 0 Å². The van der Waals surface area contributed by atoms with E-state index in [1.165, 1.54) is 70.6 Å². The molecule has 0 saturated carbocycles. The molecule has 0 bridgehead atoms. The van der Waals surface area contributed by atoms with Crippen molar-refractivity contribution in [3.05, 3.63) is 0 Å². The Labute approximate surface area is 125 Å². The number of hydrogen-bond donors (Lipinski definition) is 1. The van der Waals surface area contributed by atoms with E-state index >= 15 is 0 Å². The number of ether oxygens (including phenoxy) is 1. The maximum atomic E-state index is 10.8. The van der Waals surface area contributed by atoms with Crippen LogP contribution in [0.25, 0.3) is 0 Å².